The number of fused-ring (bicyclic) bond motifs is 1. The summed E-state index contributed by atoms with van der Waals surface area (Å²) < 4.78 is 5.45. The Hall–Kier alpha value is -1.10. The maximum absolute atomic E-state index is 12.7. The van der Waals surface area contributed by atoms with Gasteiger partial charge >= 0.3 is 0 Å². The van der Waals surface area contributed by atoms with Crippen LogP contribution < -0.4 is 10.2 Å². The molecular formula is C15H21ClN2O2. The molecular weight excluding hydrogens is 276 g/mol. The predicted octanol–water partition coefficient (Wildman–Crippen LogP) is 1.97. The first-order valence-electron chi connectivity index (χ1n) is 7.04. The Bertz CT molecular complexity index is 461. The summed E-state index contributed by atoms with van der Waals surface area (Å²) >= 11 is 0. The van der Waals surface area contributed by atoms with Gasteiger partial charge in [-0.05, 0) is 24.5 Å². The van der Waals surface area contributed by atoms with Crippen molar-refractivity contribution in [1.82, 2.24) is 5.32 Å². The molecule has 1 saturated heterocycles. The van der Waals surface area contributed by atoms with E-state index in [1.165, 1.54) is 5.56 Å². The number of ether oxygens (including phenoxy) is 1. The Kier molecular flexibility index (Phi) is 5.40. The Morgan fingerprint density at radius 2 is 2.20 bits per heavy atom. The third-order valence-corrected chi connectivity index (χ3v) is 3.89. The maximum atomic E-state index is 12.7. The number of anilines is 1. The molecule has 1 N–H and O–H groups in total. The first-order chi connectivity index (χ1) is 9.36. The van der Waals surface area contributed by atoms with Crippen molar-refractivity contribution in [1.29, 1.82) is 0 Å². The summed E-state index contributed by atoms with van der Waals surface area (Å²) in [6.45, 7) is 3.79. The highest BCUT2D eigenvalue weighted by molar-refractivity contribution is 5.96. The minimum absolute atomic E-state index is 0. The highest BCUT2D eigenvalue weighted by Gasteiger charge is 2.29. The van der Waals surface area contributed by atoms with Gasteiger partial charge in [-0.3, -0.25) is 4.79 Å². The van der Waals surface area contributed by atoms with Gasteiger partial charge in [0, 0.05) is 31.9 Å². The van der Waals surface area contributed by atoms with Crippen LogP contribution in [0.25, 0.3) is 0 Å². The summed E-state index contributed by atoms with van der Waals surface area (Å²) in [5.74, 6) is 0.246. The summed E-state index contributed by atoms with van der Waals surface area (Å²) in [5, 5.41) is 3.37. The van der Waals surface area contributed by atoms with E-state index >= 15 is 0 Å². The number of para-hydroxylation sites is 1. The van der Waals surface area contributed by atoms with Crippen LogP contribution in [0.2, 0.25) is 0 Å². The fourth-order valence-corrected chi connectivity index (χ4v) is 2.84. The molecule has 0 aromatic heterocycles. The minimum Gasteiger partial charge on any atom is -0.381 e. The zero-order valence-electron chi connectivity index (χ0n) is 11.5. The van der Waals surface area contributed by atoms with Gasteiger partial charge < -0.3 is 15.0 Å². The Morgan fingerprint density at radius 3 is 3.00 bits per heavy atom. The van der Waals surface area contributed by atoms with Crippen LogP contribution in [0.3, 0.4) is 0 Å². The van der Waals surface area contributed by atoms with Crippen molar-refractivity contribution in [2.24, 2.45) is 5.92 Å². The number of carbonyl (C=O) groups is 1. The molecule has 20 heavy (non-hydrogen) atoms. The standard InChI is InChI=1S/C15H20N2O2.ClH/c18-15(13-5-3-9-19-11-13)17-8-7-16-10-12-4-1-2-6-14(12)17;/h1-2,4,6,13,16H,3,5,7-11H2;1H. The zero-order chi connectivity index (χ0) is 13.1. The van der Waals surface area contributed by atoms with E-state index in [0.29, 0.717) is 6.61 Å². The molecule has 110 valence electrons. The fourth-order valence-electron chi connectivity index (χ4n) is 2.84. The number of amides is 1. The molecule has 1 unspecified atom stereocenters. The van der Waals surface area contributed by atoms with Crippen molar-refractivity contribution < 1.29 is 9.53 Å². The van der Waals surface area contributed by atoms with E-state index in [1.54, 1.807) is 0 Å². The number of rotatable bonds is 1. The van der Waals surface area contributed by atoms with E-state index in [2.05, 4.69) is 11.4 Å². The van der Waals surface area contributed by atoms with E-state index in [4.69, 9.17) is 4.74 Å². The number of nitrogens with one attached hydrogen (secondary N) is 1. The first kappa shape index (κ1) is 15.3. The highest BCUT2D eigenvalue weighted by atomic mass is 35.5. The van der Waals surface area contributed by atoms with E-state index in [1.807, 2.05) is 23.1 Å². The minimum atomic E-state index is 0. The van der Waals surface area contributed by atoms with Gasteiger partial charge in [-0.1, -0.05) is 18.2 Å². The van der Waals surface area contributed by atoms with Crippen LogP contribution in [0, 0.1) is 5.92 Å². The maximum Gasteiger partial charge on any atom is 0.232 e. The lowest BCUT2D eigenvalue weighted by atomic mass is 10.00. The third kappa shape index (κ3) is 3.14. The lowest BCUT2D eigenvalue weighted by molar-refractivity contribution is -0.126. The van der Waals surface area contributed by atoms with Crippen LogP contribution in [0.5, 0.6) is 0 Å². The monoisotopic (exact) mass is 296 g/mol. The molecule has 1 amide bonds. The number of carbonyl (C=O) groups excluding carboxylic acids is 1. The van der Waals surface area contributed by atoms with Crippen LogP contribution in [0.15, 0.2) is 24.3 Å². The van der Waals surface area contributed by atoms with Gasteiger partial charge in [0.05, 0.1) is 12.5 Å². The second kappa shape index (κ2) is 7.07. The average Bonchev–Trinajstić information content (AvgIpc) is 2.70. The normalized spacial score (nSPS) is 22.4. The van der Waals surface area contributed by atoms with Crippen molar-refractivity contribution in [3.05, 3.63) is 29.8 Å². The van der Waals surface area contributed by atoms with Crippen molar-refractivity contribution >= 4 is 24.0 Å². The van der Waals surface area contributed by atoms with Gasteiger partial charge in [-0.2, -0.15) is 0 Å². The topological polar surface area (TPSA) is 41.6 Å². The van der Waals surface area contributed by atoms with Crippen molar-refractivity contribution in [3.8, 4) is 0 Å². The predicted molar refractivity (Wildman–Crippen MR) is 81.3 cm³/mol. The lowest BCUT2D eigenvalue weighted by Crippen LogP contribution is -2.41. The fraction of sp³-hybridized carbons (Fsp3) is 0.533. The number of hydrogen-bond donors (Lipinski definition) is 1. The second-order valence-electron chi connectivity index (χ2n) is 5.21. The van der Waals surface area contributed by atoms with Gasteiger partial charge in [0.15, 0.2) is 0 Å². The number of nitrogens with zero attached hydrogens (tertiary/aromatic N) is 1. The molecule has 2 aliphatic heterocycles. The number of hydrogen-bond acceptors (Lipinski definition) is 3. The number of benzene rings is 1. The van der Waals surface area contributed by atoms with Gasteiger partial charge in [0.1, 0.15) is 0 Å². The van der Waals surface area contributed by atoms with Crippen LogP contribution in [0.4, 0.5) is 5.69 Å². The summed E-state index contributed by atoms with van der Waals surface area (Å²) in [5.41, 5.74) is 2.26. The largest absolute Gasteiger partial charge is 0.381 e. The van der Waals surface area contributed by atoms with Crippen LogP contribution in [0.1, 0.15) is 18.4 Å². The Labute approximate surface area is 125 Å². The molecule has 0 radical (unpaired) electrons. The van der Waals surface area contributed by atoms with Crippen LogP contribution >= 0.6 is 12.4 Å². The molecule has 1 aromatic carbocycles. The molecule has 1 fully saturated rings. The van der Waals surface area contributed by atoms with E-state index in [-0.39, 0.29) is 24.2 Å². The summed E-state index contributed by atoms with van der Waals surface area (Å²) in [4.78, 5) is 14.6. The van der Waals surface area contributed by atoms with Crippen molar-refractivity contribution in [3.63, 3.8) is 0 Å². The van der Waals surface area contributed by atoms with E-state index < -0.39 is 0 Å². The summed E-state index contributed by atoms with van der Waals surface area (Å²) in [7, 11) is 0. The van der Waals surface area contributed by atoms with Gasteiger partial charge in [-0.15, -0.1) is 12.4 Å². The molecule has 0 saturated carbocycles. The molecule has 0 aliphatic carbocycles. The zero-order valence-corrected chi connectivity index (χ0v) is 12.3. The molecule has 3 rings (SSSR count). The average molecular weight is 297 g/mol. The van der Waals surface area contributed by atoms with E-state index in [9.17, 15) is 4.79 Å². The smallest absolute Gasteiger partial charge is 0.232 e. The van der Waals surface area contributed by atoms with E-state index in [0.717, 1.165) is 44.8 Å². The number of halogens is 1. The van der Waals surface area contributed by atoms with Crippen LogP contribution in [-0.4, -0.2) is 32.2 Å². The highest BCUT2D eigenvalue weighted by Crippen LogP contribution is 2.26. The first-order valence-corrected chi connectivity index (χ1v) is 7.04. The van der Waals surface area contributed by atoms with Gasteiger partial charge in [0.2, 0.25) is 5.91 Å². The Balaban J connectivity index is 0.00000147. The SMILES string of the molecule is Cl.O=C(C1CCCOC1)N1CCNCc2ccccc21. The molecule has 0 bridgehead atoms. The molecule has 4 nitrogen and oxygen atoms in total. The molecule has 2 heterocycles. The molecule has 1 atom stereocenters. The van der Waals surface area contributed by atoms with Gasteiger partial charge in [-0.25, -0.2) is 0 Å². The molecule has 0 spiro atoms. The second-order valence-corrected chi connectivity index (χ2v) is 5.21. The third-order valence-electron chi connectivity index (χ3n) is 3.89. The Morgan fingerprint density at radius 1 is 1.35 bits per heavy atom. The van der Waals surface area contributed by atoms with Crippen molar-refractivity contribution in [2.45, 2.75) is 19.4 Å². The molecule has 1 aromatic rings. The van der Waals surface area contributed by atoms with Gasteiger partial charge in [0.25, 0.3) is 0 Å². The van der Waals surface area contributed by atoms with Crippen LogP contribution in [-0.2, 0) is 16.1 Å². The summed E-state index contributed by atoms with van der Waals surface area (Å²) in [6, 6.07) is 8.16. The summed E-state index contributed by atoms with van der Waals surface area (Å²) in [6.07, 6.45) is 1.94. The van der Waals surface area contributed by atoms with Crippen molar-refractivity contribution in [2.75, 3.05) is 31.2 Å². The molecule has 2 aliphatic rings. The molecule has 5 heteroatoms. The lowest BCUT2D eigenvalue weighted by Gasteiger charge is -2.29. The quantitative estimate of drug-likeness (QED) is 0.861.